The first-order chi connectivity index (χ1) is 8.74. The van der Waals surface area contributed by atoms with E-state index in [4.69, 9.17) is 0 Å². The van der Waals surface area contributed by atoms with Gasteiger partial charge in [-0.25, -0.2) is 4.79 Å². The fraction of sp³-hybridized carbons (Fsp3) is 0.357. The summed E-state index contributed by atoms with van der Waals surface area (Å²) in [5.74, 6) is -0.908. The van der Waals surface area contributed by atoms with E-state index in [1.54, 1.807) is 10.7 Å². The Labute approximate surface area is 106 Å². The molecule has 2 rings (SSSR count). The zero-order valence-electron chi connectivity index (χ0n) is 10.5. The molecule has 18 heavy (non-hydrogen) atoms. The number of unbranched alkanes of at least 4 members (excludes halogenated alkanes) is 2. The lowest BCUT2D eigenvalue weighted by Crippen LogP contribution is -2.20. The van der Waals surface area contributed by atoms with Crippen LogP contribution in [0.25, 0.3) is 10.9 Å². The number of fused-ring (bicyclic) bond motifs is 1. The number of hydrogen-bond acceptors (Lipinski definition) is 2. The molecule has 0 bridgehead atoms. The van der Waals surface area contributed by atoms with Crippen LogP contribution >= 0.6 is 0 Å². The SMILES string of the molecule is CCCCCNn1c(C(=O)O)cc2ccccc21. The van der Waals surface area contributed by atoms with Crippen molar-refractivity contribution in [2.75, 3.05) is 12.0 Å². The lowest BCUT2D eigenvalue weighted by Gasteiger charge is -2.11. The van der Waals surface area contributed by atoms with Gasteiger partial charge in [-0.15, -0.1) is 0 Å². The number of rotatable bonds is 6. The van der Waals surface area contributed by atoms with Crippen LogP contribution < -0.4 is 5.43 Å². The lowest BCUT2D eigenvalue weighted by molar-refractivity contribution is 0.0687. The molecule has 0 fully saturated rings. The average molecular weight is 246 g/mol. The molecule has 4 nitrogen and oxygen atoms in total. The summed E-state index contributed by atoms with van der Waals surface area (Å²) in [7, 11) is 0. The van der Waals surface area contributed by atoms with E-state index in [0.29, 0.717) is 0 Å². The standard InChI is InChI=1S/C14H18N2O2/c1-2-3-6-9-15-16-12-8-5-4-7-11(12)10-13(16)14(17)18/h4-5,7-8,10,15H,2-3,6,9H2,1H3,(H,17,18). The highest BCUT2D eigenvalue weighted by Crippen LogP contribution is 2.18. The van der Waals surface area contributed by atoms with Crippen LogP contribution in [0.5, 0.6) is 0 Å². The zero-order chi connectivity index (χ0) is 13.0. The fourth-order valence-corrected chi connectivity index (χ4v) is 2.05. The highest BCUT2D eigenvalue weighted by Gasteiger charge is 2.13. The van der Waals surface area contributed by atoms with Crippen LogP contribution in [0.3, 0.4) is 0 Å². The molecule has 0 spiro atoms. The zero-order valence-corrected chi connectivity index (χ0v) is 10.5. The van der Waals surface area contributed by atoms with E-state index in [0.717, 1.165) is 36.7 Å². The first-order valence-electron chi connectivity index (χ1n) is 6.31. The van der Waals surface area contributed by atoms with Crippen LogP contribution in [0.4, 0.5) is 0 Å². The first-order valence-corrected chi connectivity index (χ1v) is 6.31. The third kappa shape index (κ3) is 2.47. The fourth-order valence-electron chi connectivity index (χ4n) is 2.05. The molecule has 1 aromatic carbocycles. The minimum absolute atomic E-state index is 0.285. The van der Waals surface area contributed by atoms with Gasteiger partial charge < -0.3 is 10.5 Å². The molecule has 0 aliphatic rings. The van der Waals surface area contributed by atoms with Crippen molar-refractivity contribution in [1.82, 2.24) is 4.68 Å². The van der Waals surface area contributed by atoms with Crippen LogP contribution in [0.2, 0.25) is 0 Å². The second-order valence-corrected chi connectivity index (χ2v) is 4.34. The van der Waals surface area contributed by atoms with Crippen molar-refractivity contribution < 1.29 is 9.90 Å². The van der Waals surface area contributed by atoms with Gasteiger partial charge in [0.05, 0.1) is 5.52 Å². The molecule has 0 aliphatic heterocycles. The summed E-state index contributed by atoms with van der Waals surface area (Å²) in [5.41, 5.74) is 4.38. The summed E-state index contributed by atoms with van der Waals surface area (Å²) in [4.78, 5) is 11.2. The second-order valence-electron chi connectivity index (χ2n) is 4.34. The summed E-state index contributed by atoms with van der Waals surface area (Å²) < 4.78 is 1.67. The number of aromatic nitrogens is 1. The minimum Gasteiger partial charge on any atom is -0.477 e. The number of nitrogens with zero attached hydrogens (tertiary/aromatic N) is 1. The predicted octanol–water partition coefficient (Wildman–Crippen LogP) is 3.07. The lowest BCUT2D eigenvalue weighted by atomic mass is 10.2. The van der Waals surface area contributed by atoms with Crippen LogP contribution in [0, 0.1) is 0 Å². The molecular formula is C14H18N2O2. The number of carboxylic acid groups (broad SMARTS) is 1. The number of carboxylic acids is 1. The Morgan fingerprint density at radius 2 is 2.11 bits per heavy atom. The summed E-state index contributed by atoms with van der Waals surface area (Å²) in [6.45, 7) is 2.93. The number of carbonyl (C=O) groups is 1. The molecular weight excluding hydrogens is 228 g/mol. The maximum Gasteiger partial charge on any atom is 0.354 e. The summed E-state index contributed by atoms with van der Waals surface area (Å²) >= 11 is 0. The molecule has 0 radical (unpaired) electrons. The van der Waals surface area contributed by atoms with Gasteiger partial charge in [0.15, 0.2) is 0 Å². The van der Waals surface area contributed by atoms with Crippen LogP contribution in [-0.4, -0.2) is 22.3 Å². The van der Waals surface area contributed by atoms with Gasteiger partial charge >= 0.3 is 5.97 Å². The van der Waals surface area contributed by atoms with Crippen LogP contribution in [-0.2, 0) is 0 Å². The van der Waals surface area contributed by atoms with Gasteiger partial charge in [-0.1, -0.05) is 38.0 Å². The summed E-state index contributed by atoms with van der Waals surface area (Å²) in [5, 5.41) is 10.2. The van der Waals surface area contributed by atoms with Crippen molar-refractivity contribution in [3.8, 4) is 0 Å². The number of benzene rings is 1. The molecule has 0 amide bonds. The topological polar surface area (TPSA) is 54.3 Å². The van der Waals surface area contributed by atoms with Gasteiger partial charge in [0.2, 0.25) is 0 Å². The van der Waals surface area contributed by atoms with E-state index < -0.39 is 5.97 Å². The average Bonchev–Trinajstić information content (AvgIpc) is 2.74. The highest BCUT2D eigenvalue weighted by atomic mass is 16.4. The van der Waals surface area contributed by atoms with Gasteiger partial charge in [0.1, 0.15) is 5.69 Å². The normalized spacial score (nSPS) is 10.7. The maximum absolute atomic E-state index is 11.2. The van der Waals surface area contributed by atoms with Crippen molar-refractivity contribution in [3.63, 3.8) is 0 Å². The molecule has 1 heterocycles. The molecule has 96 valence electrons. The van der Waals surface area contributed by atoms with Gasteiger partial charge in [0.25, 0.3) is 0 Å². The van der Waals surface area contributed by atoms with Crippen LogP contribution in [0.1, 0.15) is 36.7 Å². The highest BCUT2D eigenvalue weighted by molar-refractivity contribution is 5.94. The van der Waals surface area contributed by atoms with E-state index in [1.165, 1.54) is 0 Å². The maximum atomic E-state index is 11.2. The molecule has 2 N–H and O–H groups in total. The Morgan fingerprint density at radius 3 is 2.83 bits per heavy atom. The molecule has 0 atom stereocenters. The summed E-state index contributed by atoms with van der Waals surface area (Å²) in [6.07, 6.45) is 3.34. The third-order valence-electron chi connectivity index (χ3n) is 2.98. The van der Waals surface area contributed by atoms with E-state index in [1.807, 2.05) is 24.3 Å². The Bertz CT molecular complexity index is 546. The van der Waals surface area contributed by atoms with Crippen molar-refractivity contribution in [2.45, 2.75) is 26.2 Å². The van der Waals surface area contributed by atoms with Crippen LogP contribution in [0.15, 0.2) is 30.3 Å². The molecule has 4 heteroatoms. The van der Waals surface area contributed by atoms with E-state index in [9.17, 15) is 9.90 Å². The Kier molecular flexibility index (Phi) is 3.87. The Hall–Kier alpha value is -1.97. The largest absolute Gasteiger partial charge is 0.477 e. The third-order valence-corrected chi connectivity index (χ3v) is 2.98. The van der Waals surface area contributed by atoms with Crippen molar-refractivity contribution >= 4 is 16.9 Å². The van der Waals surface area contributed by atoms with E-state index in [2.05, 4.69) is 12.3 Å². The minimum atomic E-state index is -0.908. The van der Waals surface area contributed by atoms with Crippen molar-refractivity contribution in [2.24, 2.45) is 0 Å². The predicted molar refractivity (Wildman–Crippen MR) is 72.7 cm³/mol. The van der Waals surface area contributed by atoms with Crippen molar-refractivity contribution in [1.29, 1.82) is 0 Å². The first kappa shape index (κ1) is 12.5. The molecule has 1 aromatic heterocycles. The van der Waals surface area contributed by atoms with Crippen molar-refractivity contribution in [3.05, 3.63) is 36.0 Å². The smallest absolute Gasteiger partial charge is 0.354 e. The summed E-state index contributed by atoms with van der Waals surface area (Å²) in [6, 6.07) is 9.37. The Balaban J connectivity index is 2.27. The monoisotopic (exact) mass is 246 g/mol. The number of hydrogen-bond donors (Lipinski definition) is 2. The molecule has 0 saturated heterocycles. The molecule has 2 aromatic rings. The number of para-hydroxylation sites is 1. The Morgan fingerprint density at radius 1 is 1.33 bits per heavy atom. The van der Waals surface area contributed by atoms with E-state index in [-0.39, 0.29) is 5.69 Å². The van der Waals surface area contributed by atoms with Gasteiger partial charge in [-0.3, -0.25) is 4.68 Å². The quantitative estimate of drug-likeness (QED) is 0.770. The van der Waals surface area contributed by atoms with Gasteiger partial charge in [-0.2, -0.15) is 0 Å². The van der Waals surface area contributed by atoms with E-state index >= 15 is 0 Å². The second kappa shape index (κ2) is 5.58. The number of nitrogens with one attached hydrogen (secondary N) is 1. The molecule has 0 unspecified atom stereocenters. The molecule has 0 saturated carbocycles. The van der Waals surface area contributed by atoms with Gasteiger partial charge in [0, 0.05) is 11.9 Å². The van der Waals surface area contributed by atoms with Gasteiger partial charge in [-0.05, 0) is 18.6 Å². The number of aromatic carboxylic acids is 1. The molecule has 0 aliphatic carbocycles.